The molecule has 1 aliphatic rings. The fourth-order valence-electron chi connectivity index (χ4n) is 5.72. The largest absolute Gasteiger partial charge is 0.478 e. The van der Waals surface area contributed by atoms with Crippen LogP contribution in [0.15, 0.2) is 97.1 Å². The van der Waals surface area contributed by atoms with Crippen molar-refractivity contribution in [1.82, 2.24) is 10.6 Å². The second-order valence-corrected chi connectivity index (χ2v) is 10.5. The van der Waals surface area contributed by atoms with Crippen LogP contribution in [0.3, 0.4) is 0 Å². The van der Waals surface area contributed by atoms with Crippen molar-refractivity contribution in [3.63, 3.8) is 0 Å². The molecule has 42 heavy (non-hydrogen) atoms. The lowest BCUT2D eigenvalue weighted by Crippen LogP contribution is -2.39. The monoisotopic (exact) mass is 565 g/mol. The van der Waals surface area contributed by atoms with Gasteiger partial charge in [0.25, 0.3) is 0 Å². The van der Waals surface area contributed by atoms with Crippen molar-refractivity contribution in [2.45, 2.75) is 31.7 Å². The Balaban J connectivity index is 1.28. The summed E-state index contributed by atoms with van der Waals surface area (Å²) in [6.07, 6.45) is 2.78. The zero-order chi connectivity index (χ0) is 29.5. The molecule has 5 rings (SSSR count). The molecule has 2 atom stereocenters. The number of amides is 3. The average Bonchev–Trinajstić information content (AvgIpc) is 3.00. The standard InChI is InChI=1S/C34H32FN3O4/c35-27-16-15-26(20-36-31(39)21-37-34(42)38-28-11-6-10-25(18-28)33(40)41)30(19-27)32-24(17-22-7-2-1-3-8-22)14-13-23-9-4-5-12-29(23)32/h1-12,15-16,18-19,24,32H,13-14,17,20-21H2,(H,36,39)(H,40,41)(H2,37,38,42). The molecule has 7 nitrogen and oxygen atoms in total. The van der Waals surface area contributed by atoms with Crippen molar-refractivity contribution >= 4 is 23.6 Å². The van der Waals surface area contributed by atoms with E-state index in [4.69, 9.17) is 5.11 Å². The number of anilines is 1. The molecule has 4 aromatic rings. The number of fused-ring (bicyclic) bond motifs is 1. The fraction of sp³-hybridized carbons (Fsp3) is 0.206. The van der Waals surface area contributed by atoms with Crippen LogP contribution in [0.4, 0.5) is 14.9 Å². The van der Waals surface area contributed by atoms with E-state index in [1.165, 1.54) is 41.0 Å². The molecule has 3 amide bonds. The molecular weight excluding hydrogens is 533 g/mol. The molecule has 0 aromatic heterocycles. The van der Waals surface area contributed by atoms with E-state index in [0.29, 0.717) is 5.69 Å². The maximum atomic E-state index is 14.7. The first-order valence-corrected chi connectivity index (χ1v) is 13.9. The van der Waals surface area contributed by atoms with Gasteiger partial charge in [-0.05, 0) is 83.3 Å². The number of aromatic carboxylic acids is 1. The molecule has 0 bridgehead atoms. The van der Waals surface area contributed by atoms with Crippen LogP contribution >= 0.6 is 0 Å². The summed E-state index contributed by atoms with van der Waals surface area (Å²) in [7, 11) is 0. The summed E-state index contributed by atoms with van der Waals surface area (Å²) < 4.78 is 14.7. The maximum absolute atomic E-state index is 14.7. The molecule has 4 N–H and O–H groups in total. The van der Waals surface area contributed by atoms with E-state index in [9.17, 15) is 18.8 Å². The smallest absolute Gasteiger partial charge is 0.335 e. The number of urea groups is 1. The number of carbonyl (C=O) groups is 3. The van der Waals surface area contributed by atoms with E-state index >= 15 is 0 Å². The van der Waals surface area contributed by atoms with Gasteiger partial charge in [-0.1, -0.05) is 66.7 Å². The van der Waals surface area contributed by atoms with Crippen molar-refractivity contribution in [2.75, 3.05) is 11.9 Å². The van der Waals surface area contributed by atoms with Crippen LogP contribution in [0.1, 0.15) is 50.5 Å². The van der Waals surface area contributed by atoms with E-state index in [1.54, 1.807) is 18.2 Å². The normalized spacial score (nSPS) is 15.7. The molecule has 0 spiro atoms. The first kappa shape index (κ1) is 28.5. The molecular formula is C34H32FN3O4. The molecule has 0 saturated carbocycles. The van der Waals surface area contributed by atoms with Gasteiger partial charge in [0.1, 0.15) is 5.82 Å². The highest BCUT2D eigenvalue weighted by Gasteiger charge is 2.32. The van der Waals surface area contributed by atoms with Crippen molar-refractivity contribution in [2.24, 2.45) is 5.92 Å². The highest BCUT2D eigenvalue weighted by molar-refractivity contribution is 5.94. The Morgan fingerprint density at radius 1 is 0.833 bits per heavy atom. The number of aryl methyl sites for hydroxylation is 1. The molecule has 0 aliphatic heterocycles. The minimum absolute atomic E-state index is 0.0345. The van der Waals surface area contributed by atoms with Crippen LogP contribution in [-0.4, -0.2) is 29.6 Å². The highest BCUT2D eigenvalue weighted by Crippen LogP contribution is 2.43. The molecule has 0 radical (unpaired) electrons. The van der Waals surface area contributed by atoms with Crippen LogP contribution < -0.4 is 16.0 Å². The third-order valence-corrected chi connectivity index (χ3v) is 7.68. The SMILES string of the molecule is O=C(CNC(=O)Nc1cccc(C(=O)O)c1)NCc1ccc(F)cc1C1c2ccccc2CCC1Cc1ccccc1. The van der Waals surface area contributed by atoms with E-state index in [1.807, 2.05) is 30.3 Å². The van der Waals surface area contributed by atoms with Gasteiger partial charge in [0.05, 0.1) is 12.1 Å². The first-order chi connectivity index (χ1) is 20.4. The number of halogens is 1. The lowest BCUT2D eigenvalue weighted by Gasteiger charge is -2.35. The van der Waals surface area contributed by atoms with E-state index in [-0.39, 0.29) is 36.3 Å². The number of hydrogen-bond donors (Lipinski definition) is 4. The van der Waals surface area contributed by atoms with Crippen LogP contribution in [0.25, 0.3) is 0 Å². The average molecular weight is 566 g/mol. The third-order valence-electron chi connectivity index (χ3n) is 7.68. The number of hydrogen-bond acceptors (Lipinski definition) is 3. The van der Waals surface area contributed by atoms with Crippen molar-refractivity contribution in [3.05, 3.63) is 136 Å². The molecule has 214 valence electrons. The number of nitrogens with one attached hydrogen (secondary N) is 3. The number of carboxylic acids is 1. The van der Waals surface area contributed by atoms with Crippen molar-refractivity contribution in [1.29, 1.82) is 0 Å². The molecule has 8 heteroatoms. The molecule has 4 aromatic carbocycles. The second-order valence-electron chi connectivity index (χ2n) is 10.5. The summed E-state index contributed by atoms with van der Waals surface area (Å²) in [5.41, 5.74) is 5.68. The van der Waals surface area contributed by atoms with Crippen LogP contribution in [-0.2, 0) is 24.2 Å². The van der Waals surface area contributed by atoms with Gasteiger partial charge in [-0.25, -0.2) is 14.0 Å². The van der Waals surface area contributed by atoms with E-state index in [0.717, 1.165) is 30.4 Å². The summed E-state index contributed by atoms with van der Waals surface area (Å²) in [6.45, 7) is -0.112. The first-order valence-electron chi connectivity index (χ1n) is 13.9. The zero-order valence-electron chi connectivity index (χ0n) is 23.0. The third kappa shape index (κ3) is 7.01. The molecule has 0 heterocycles. The Morgan fingerprint density at radius 2 is 1.62 bits per heavy atom. The van der Waals surface area contributed by atoms with Gasteiger partial charge in [0.15, 0.2) is 0 Å². The van der Waals surface area contributed by atoms with Crippen LogP contribution in [0.5, 0.6) is 0 Å². The summed E-state index contributed by atoms with van der Waals surface area (Å²) in [5.74, 6) is -1.63. The molecule has 0 fully saturated rings. The van der Waals surface area contributed by atoms with Crippen molar-refractivity contribution < 1.29 is 23.9 Å². The Bertz CT molecular complexity index is 1590. The highest BCUT2D eigenvalue weighted by atomic mass is 19.1. The summed E-state index contributed by atoms with van der Waals surface area (Å²) in [5, 5.41) is 17.0. The van der Waals surface area contributed by atoms with Crippen LogP contribution in [0, 0.1) is 11.7 Å². The van der Waals surface area contributed by atoms with Gasteiger partial charge in [-0.3, -0.25) is 4.79 Å². The Hall–Kier alpha value is -4.98. The van der Waals surface area contributed by atoms with Crippen molar-refractivity contribution in [3.8, 4) is 0 Å². The van der Waals surface area contributed by atoms with Gasteiger partial charge < -0.3 is 21.1 Å². The minimum atomic E-state index is -1.11. The fourth-order valence-corrected chi connectivity index (χ4v) is 5.72. The van der Waals surface area contributed by atoms with Gasteiger partial charge in [0, 0.05) is 18.2 Å². The topological polar surface area (TPSA) is 108 Å². The Kier molecular flexibility index (Phi) is 8.92. The molecule has 1 aliphatic carbocycles. The minimum Gasteiger partial charge on any atom is -0.478 e. The maximum Gasteiger partial charge on any atom is 0.335 e. The van der Waals surface area contributed by atoms with Crippen LogP contribution in [0.2, 0.25) is 0 Å². The lowest BCUT2D eigenvalue weighted by atomic mass is 9.69. The predicted molar refractivity (Wildman–Crippen MR) is 159 cm³/mol. The van der Waals surface area contributed by atoms with Gasteiger partial charge in [-0.2, -0.15) is 0 Å². The quantitative estimate of drug-likeness (QED) is 0.203. The lowest BCUT2D eigenvalue weighted by molar-refractivity contribution is -0.120. The number of benzene rings is 4. The van der Waals surface area contributed by atoms with E-state index < -0.39 is 17.9 Å². The zero-order valence-corrected chi connectivity index (χ0v) is 23.0. The summed E-state index contributed by atoms with van der Waals surface area (Å²) >= 11 is 0. The summed E-state index contributed by atoms with van der Waals surface area (Å²) in [6, 6.07) is 28.5. The van der Waals surface area contributed by atoms with Gasteiger partial charge in [-0.15, -0.1) is 0 Å². The van der Waals surface area contributed by atoms with Gasteiger partial charge >= 0.3 is 12.0 Å². The molecule has 0 saturated heterocycles. The Labute approximate surface area is 243 Å². The summed E-state index contributed by atoms with van der Waals surface area (Å²) in [4.78, 5) is 36.1. The molecule has 2 unspecified atom stereocenters. The van der Waals surface area contributed by atoms with E-state index in [2.05, 4.69) is 40.2 Å². The Morgan fingerprint density at radius 3 is 2.43 bits per heavy atom. The van der Waals surface area contributed by atoms with Gasteiger partial charge in [0.2, 0.25) is 5.91 Å². The number of carboxylic acid groups (broad SMARTS) is 1. The number of rotatable bonds is 9. The second kappa shape index (κ2) is 13.1. The predicted octanol–water partition coefficient (Wildman–Crippen LogP) is 5.90. The number of carbonyl (C=O) groups excluding carboxylic acids is 2.